The zero-order valence-corrected chi connectivity index (χ0v) is 8.62. The maximum absolute atomic E-state index is 2.22. The van der Waals surface area contributed by atoms with E-state index in [1.807, 2.05) is 0 Å². The Kier molecular flexibility index (Phi) is 2.36. The SMILES string of the molecule is CC1=CC2=CC=CC=CC2=C(C)C=C1. The normalized spacial score (nSPS) is 19.9. The highest BCUT2D eigenvalue weighted by Crippen LogP contribution is 2.25. The molecule has 0 saturated carbocycles. The molecule has 0 bridgehead atoms. The lowest BCUT2D eigenvalue weighted by molar-refractivity contribution is 1.42. The Morgan fingerprint density at radius 3 is 2.57 bits per heavy atom. The van der Waals surface area contributed by atoms with Crippen LogP contribution in [0.4, 0.5) is 0 Å². The van der Waals surface area contributed by atoms with Crippen molar-refractivity contribution in [1.29, 1.82) is 0 Å². The molecular weight excluding hydrogens is 168 g/mol. The van der Waals surface area contributed by atoms with Crippen molar-refractivity contribution in [3.63, 3.8) is 0 Å². The third kappa shape index (κ3) is 1.69. The molecular formula is C14H14. The maximum atomic E-state index is 2.22. The molecule has 0 aliphatic heterocycles. The zero-order chi connectivity index (χ0) is 9.97. The molecule has 0 atom stereocenters. The second-order valence-corrected chi connectivity index (χ2v) is 3.68. The number of hydrogen-bond acceptors (Lipinski definition) is 0. The van der Waals surface area contributed by atoms with Crippen LogP contribution in [0.5, 0.6) is 0 Å². The molecule has 0 aromatic carbocycles. The smallest absolute Gasteiger partial charge is 0.0155 e. The molecule has 2 rings (SSSR count). The van der Waals surface area contributed by atoms with Crippen molar-refractivity contribution in [2.45, 2.75) is 13.8 Å². The van der Waals surface area contributed by atoms with Gasteiger partial charge in [0, 0.05) is 0 Å². The summed E-state index contributed by atoms with van der Waals surface area (Å²) < 4.78 is 0. The van der Waals surface area contributed by atoms with Crippen molar-refractivity contribution >= 4 is 0 Å². The van der Waals surface area contributed by atoms with Gasteiger partial charge in [-0.05, 0) is 30.6 Å². The van der Waals surface area contributed by atoms with Crippen LogP contribution in [-0.2, 0) is 0 Å². The lowest BCUT2D eigenvalue weighted by atomic mass is 10.0. The molecule has 0 radical (unpaired) electrons. The Morgan fingerprint density at radius 1 is 0.857 bits per heavy atom. The fraction of sp³-hybridized carbons (Fsp3) is 0.143. The van der Waals surface area contributed by atoms with Crippen LogP contribution < -0.4 is 0 Å². The number of fused-ring (bicyclic) bond motifs is 1. The fourth-order valence-electron chi connectivity index (χ4n) is 1.69. The van der Waals surface area contributed by atoms with E-state index in [0.717, 1.165) is 0 Å². The summed E-state index contributed by atoms with van der Waals surface area (Å²) in [5.41, 5.74) is 5.25. The van der Waals surface area contributed by atoms with Gasteiger partial charge in [0.2, 0.25) is 0 Å². The van der Waals surface area contributed by atoms with Gasteiger partial charge in [-0.3, -0.25) is 0 Å². The molecule has 2 aliphatic rings. The first-order valence-electron chi connectivity index (χ1n) is 4.90. The Balaban J connectivity index is 2.59. The summed E-state index contributed by atoms with van der Waals surface area (Å²) in [5.74, 6) is 0. The van der Waals surface area contributed by atoms with Crippen LogP contribution >= 0.6 is 0 Å². The molecule has 70 valence electrons. The van der Waals surface area contributed by atoms with Gasteiger partial charge in [0.15, 0.2) is 0 Å². The van der Waals surface area contributed by atoms with E-state index in [-0.39, 0.29) is 0 Å². The topological polar surface area (TPSA) is 0 Å². The van der Waals surface area contributed by atoms with Crippen LogP contribution in [0, 0.1) is 0 Å². The van der Waals surface area contributed by atoms with Crippen molar-refractivity contribution in [2.75, 3.05) is 0 Å². The summed E-state index contributed by atoms with van der Waals surface area (Å²) >= 11 is 0. The van der Waals surface area contributed by atoms with E-state index in [1.54, 1.807) is 0 Å². The third-order valence-electron chi connectivity index (χ3n) is 2.48. The predicted octanol–water partition coefficient (Wildman–Crippen LogP) is 3.87. The lowest BCUT2D eigenvalue weighted by Crippen LogP contribution is -1.85. The summed E-state index contributed by atoms with van der Waals surface area (Å²) in [5, 5.41) is 0. The quantitative estimate of drug-likeness (QED) is 0.533. The van der Waals surface area contributed by atoms with Gasteiger partial charge in [-0.15, -0.1) is 0 Å². The standard InChI is InChI=1S/C14H14/c1-11-8-9-12(2)14-7-5-3-4-6-13(14)10-11/h3-10H,1-2H3. The average Bonchev–Trinajstić information content (AvgIpc) is 2.44. The zero-order valence-electron chi connectivity index (χ0n) is 8.62. The monoisotopic (exact) mass is 182 g/mol. The predicted molar refractivity (Wildman–Crippen MR) is 62.0 cm³/mol. The Bertz CT molecular complexity index is 421. The van der Waals surface area contributed by atoms with E-state index >= 15 is 0 Å². The number of allylic oxidation sites excluding steroid dienone is 12. The first kappa shape index (κ1) is 9.01. The minimum absolute atomic E-state index is 1.30. The fourth-order valence-corrected chi connectivity index (χ4v) is 1.69. The van der Waals surface area contributed by atoms with Gasteiger partial charge in [-0.1, -0.05) is 54.2 Å². The number of rotatable bonds is 0. The summed E-state index contributed by atoms with van der Waals surface area (Å²) in [7, 11) is 0. The molecule has 0 heterocycles. The first-order valence-corrected chi connectivity index (χ1v) is 4.90. The highest BCUT2D eigenvalue weighted by molar-refractivity contribution is 5.58. The molecule has 0 unspecified atom stereocenters. The van der Waals surface area contributed by atoms with Gasteiger partial charge in [0.05, 0.1) is 0 Å². The van der Waals surface area contributed by atoms with E-state index in [0.29, 0.717) is 0 Å². The van der Waals surface area contributed by atoms with E-state index in [1.165, 1.54) is 22.3 Å². The molecule has 0 spiro atoms. The van der Waals surface area contributed by atoms with Gasteiger partial charge in [0.1, 0.15) is 0 Å². The summed E-state index contributed by atoms with van der Waals surface area (Å²) in [6.45, 7) is 4.29. The number of hydrogen-bond donors (Lipinski definition) is 0. The second kappa shape index (κ2) is 3.67. The highest BCUT2D eigenvalue weighted by atomic mass is 14.1. The van der Waals surface area contributed by atoms with Gasteiger partial charge < -0.3 is 0 Å². The largest absolute Gasteiger partial charge is 0.0622 e. The van der Waals surface area contributed by atoms with Crippen molar-refractivity contribution in [2.24, 2.45) is 0 Å². The van der Waals surface area contributed by atoms with E-state index in [4.69, 9.17) is 0 Å². The van der Waals surface area contributed by atoms with E-state index < -0.39 is 0 Å². The van der Waals surface area contributed by atoms with Gasteiger partial charge in [0.25, 0.3) is 0 Å². The molecule has 0 aromatic heterocycles. The molecule has 0 fully saturated rings. The van der Waals surface area contributed by atoms with Crippen LogP contribution in [0.2, 0.25) is 0 Å². The molecule has 0 aromatic rings. The first-order chi connectivity index (χ1) is 6.77. The Morgan fingerprint density at radius 2 is 1.71 bits per heavy atom. The van der Waals surface area contributed by atoms with Crippen molar-refractivity contribution in [1.82, 2.24) is 0 Å². The summed E-state index contributed by atoms with van der Waals surface area (Å²) in [6, 6.07) is 0. The average molecular weight is 182 g/mol. The van der Waals surface area contributed by atoms with E-state index in [2.05, 4.69) is 62.5 Å². The van der Waals surface area contributed by atoms with Crippen LogP contribution in [0.3, 0.4) is 0 Å². The molecule has 14 heavy (non-hydrogen) atoms. The van der Waals surface area contributed by atoms with Gasteiger partial charge in [-0.25, -0.2) is 0 Å². The Hall–Kier alpha value is -1.56. The molecule has 0 saturated heterocycles. The van der Waals surface area contributed by atoms with Crippen molar-refractivity contribution in [3.05, 3.63) is 70.9 Å². The molecule has 0 N–H and O–H groups in total. The third-order valence-corrected chi connectivity index (χ3v) is 2.48. The molecule has 0 heteroatoms. The van der Waals surface area contributed by atoms with Crippen LogP contribution in [-0.4, -0.2) is 0 Å². The summed E-state index contributed by atoms with van der Waals surface area (Å²) in [4.78, 5) is 0. The van der Waals surface area contributed by atoms with Gasteiger partial charge >= 0.3 is 0 Å². The Labute approximate surface area is 85.3 Å². The van der Waals surface area contributed by atoms with E-state index in [9.17, 15) is 0 Å². The van der Waals surface area contributed by atoms with Gasteiger partial charge in [-0.2, -0.15) is 0 Å². The van der Waals surface area contributed by atoms with Crippen molar-refractivity contribution in [3.8, 4) is 0 Å². The minimum atomic E-state index is 1.30. The van der Waals surface area contributed by atoms with Crippen molar-refractivity contribution < 1.29 is 0 Å². The lowest BCUT2D eigenvalue weighted by Gasteiger charge is -2.03. The van der Waals surface area contributed by atoms with Crippen LogP contribution in [0.15, 0.2) is 70.9 Å². The molecule has 2 aliphatic carbocycles. The van der Waals surface area contributed by atoms with Crippen LogP contribution in [0.25, 0.3) is 0 Å². The summed E-state index contributed by atoms with van der Waals surface area (Å²) in [6.07, 6.45) is 17.1. The molecule has 0 nitrogen and oxygen atoms in total. The second-order valence-electron chi connectivity index (χ2n) is 3.68. The minimum Gasteiger partial charge on any atom is -0.0622 e. The highest BCUT2D eigenvalue weighted by Gasteiger charge is 2.06. The molecule has 0 amide bonds. The van der Waals surface area contributed by atoms with Crippen LogP contribution in [0.1, 0.15) is 13.8 Å². The maximum Gasteiger partial charge on any atom is -0.0155 e.